The molecule has 1 N–H and O–H groups in total. The Balaban J connectivity index is 1.91. The zero-order valence-electron chi connectivity index (χ0n) is 11.4. The Kier molecular flexibility index (Phi) is 4.18. The minimum atomic E-state index is -0.570. The molecule has 2 rings (SSSR count). The third-order valence-corrected chi connectivity index (χ3v) is 3.14. The van der Waals surface area contributed by atoms with E-state index in [-0.39, 0.29) is 12.1 Å². The lowest BCUT2D eigenvalue weighted by atomic mass is 10.1. The zero-order chi connectivity index (χ0) is 14.0. The SMILES string of the molecule is CC(NCC1COC(C)(C)O1)c1cc(F)ccc1F. The molecule has 0 amide bonds. The fraction of sp³-hybridized carbons (Fsp3) is 0.571. The number of rotatable bonds is 4. The molecule has 1 aliphatic heterocycles. The van der Waals surface area contributed by atoms with E-state index < -0.39 is 17.4 Å². The molecule has 1 saturated heterocycles. The van der Waals surface area contributed by atoms with Crippen LogP contribution in [0.5, 0.6) is 0 Å². The highest BCUT2D eigenvalue weighted by Gasteiger charge is 2.32. The molecule has 2 atom stereocenters. The Labute approximate surface area is 111 Å². The predicted octanol–water partition coefficient (Wildman–Crippen LogP) is 2.77. The molecule has 1 aromatic carbocycles. The fourth-order valence-electron chi connectivity index (χ4n) is 2.13. The van der Waals surface area contributed by atoms with E-state index >= 15 is 0 Å². The third-order valence-electron chi connectivity index (χ3n) is 3.14. The summed E-state index contributed by atoms with van der Waals surface area (Å²) in [5.41, 5.74) is 0.318. The van der Waals surface area contributed by atoms with Crippen LogP contribution in [0.25, 0.3) is 0 Å². The van der Waals surface area contributed by atoms with E-state index in [0.717, 1.165) is 12.1 Å². The first-order chi connectivity index (χ1) is 8.87. The number of benzene rings is 1. The van der Waals surface area contributed by atoms with Gasteiger partial charge in [0.1, 0.15) is 11.6 Å². The number of hydrogen-bond acceptors (Lipinski definition) is 3. The van der Waals surface area contributed by atoms with Gasteiger partial charge in [0.2, 0.25) is 0 Å². The lowest BCUT2D eigenvalue weighted by molar-refractivity contribution is -0.137. The van der Waals surface area contributed by atoms with Crippen molar-refractivity contribution in [2.45, 2.75) is 38.7 Å². The lowest BCUT2D eigenvalue weighted by Crippen LogP contribution is -2.32. The normalized spacial score (nSPS) is 23.5. The minimum Gasteiger partial charge on any atom is -0.348 e. The van der Waals surface area contributed by atoms with Crippen LogP contribution in [-0.2, 0) is 9.47 Å². The second-order valence-corrected chi connectivity index (χ2v) is 5.25. The van der Waals surface area contributed by atoms with Crippen molar-refractivity contribution in [1.82, 2.24) is 5.32 Å². The van der Waals surface area contributed by atoms with Crippen molar-refractivity contribution in [1.29, 1.82) is 0 Å². The van der Waals surface area contributed by atoms with E-state index in [1.165, 1.54) is 6.07 Å². The van der Waals surface area contributed by atoms with Crippen LogP contribution in [0.15, 0.2) is 18.2 Å². The molecular weight excluding hydrogens is 252 g/mol. The molecule has 1 aromatic rings. The van der Waals surface area contributed by atoms with Crippen LogP contribution in [0.2, 0.25) is 0 Å². The summed E-state index contributed by atoms with van der Waals surface area (Å²) in [6.45, 7) is 6.52. The molecule has 0 saturated carbocycles. The largest absolute Gasteiger partial charge is 0.348 e. The zero-order valence-corrected chi connectivity index (χ0v) is 11.4. The molecule has 0 spiro atoms. The second-order valence-electron chi connectivity index (χ2n) is 5.25. The Morgan fingerprint density at radius 2 is 2.16 bits per heavy atom. The molecule has 19 heavy (non-hydrogen) atoms. The average molecular weight is 271 g/mol. The molecule has 0 aromatic heterocycles. The first-order valence-electron chi connectivity index (χ1n) is 6.37. The average Bonchev–Trinajstić information content (AvgIpc) is 2.69. The van der Waals surface area contributed by atoms with Gasteiger partial charge in [-0.1, -0.05) is 0 Å². The van der Waals surface area contributed by atoms with Gasteiger partial charge in [-0.2, -0.15) is 0 Å². The first-order valence-corrected chi connectivity index (χ1v) is 6.37. The molecule has 1 aliphatic rings. The van der Waals surface area contributed by atoms with Crippen molar-refractivity contribution in [3.63, 3.8) is 0 Å². The summed E-state index contributed by atoms with van der Waals surface area (Å²) in [6.07, 6.45) is -0.0749. The van der Waals surface area contributed by atoms with E-state index in [4.69, 9.17) is 9.47 Å². The maximum Gasteiger partial charge on any atom is 0.163 e. The Bertz CT molecular complexity index is 451. The van der Waals surface area contributed by atoms with Crippen molar-refractivity contribution >= 4 is 0 Å². The van der Waals surface area contributed by atoms with E-state index in [9.17, 15) is 8.78 Å². The van der Waals surface area contributed by atoms with Gasteiger partial charge in [0, 0.05) is 18.2 Å². The van der Waals surface area contributed by atoms with Crippen LogP contribution in [0, 0.1) is 11.6 Å². The van der Waals surface area contributed by atoms with Crippen LogP contribution >= 0.6 is 0 Å². The van der Waals surface area contributed by atoms with E-state index in [1.54, 1.807) is 6.92 Å². The monoisotopic (exact) mass is 271 g/mol. The van der Waals surface area contributed by atoms with E-state index in [2.05, 4.69) is 5.32 Å². The predicted molar refractivity (Wildman–Crippen MR) is 67.7 cm³/mol. The lowest BCUT2D eigenvalue weighted by Gasteiger charge is -2.19. The smallest absolute Gasteiger partial charge is 0.163 e. The highest BCUT2D eigenvalue weighted by atomic mass is 19.1. The van der Waals surface area contributed by atoms with Crippen LogP contribution < -0.4 is 5.32 Å². The summed E-state index contributed by atoms with van der Waals surface area (Å²) in [5.74, 6) is -1.42. The molecular formula is C14H19F2NO2. The quantitative estimate of drug-likeness (QED) is 0.913. The highest BCUT2D eigenvalue weighted by molar-refractivity contribution is 5.21. The number of ether oxygens (including phenoxy) is 2. The van der Waals surface area contributed by atoms with Crippen molar-refractivity contribution in [3.8, 4) is 0 Å². The molecule has 1 heterocycles. The molecule has 0 aliphatic carbocycles. The van der Waals surface area contributed by atoms with Gasteiger partial charge in [0.05, 0.1) is 12.7 Å². The summed E-state index contributed by atoms with van der Waals surface area (Å²) in [4.78, 5) is 0. The van der Waals surface area contributed by atoms with Gasteiger partial charge < -0.3 is 14.8 Å². The summed E-state index contributed by atoms with van der Waals surface area (Å²) in [7, 11) is 0. The topological polar surface area (TPSA) is 30.5 Å². The van der Waals surface area contributed by atoms with Crippen molar-refractivity contribution in [2.24, 2.45) is 0 Å². The third kappa shape index (κ3) is 3.72. The van der Waals surface area contributed by atoms with Crippen molar-refractivity contribution < 1.29 is 18.3 Å². The molecule has 0 radical (unpaired) electrons. The Morgan fingerprint density at radius 3 is 2.79 bits per heavy atom. The molecule has 1 fully saturated rings. The Hall–Kier alpha value is -1.04. The minimum absolute atomic E-state index is 0.0749. The molecule has 5 heteroatoms. The van der Waals surface area contributed by atoms with Crippen molar-refractivity contribution in [2.75, 3.05) is 13.2 Å². The first kappa shape index (κ1) is 14.4. The summed E-state index contributed by atoms with van der Waals surface area (Å²) < 4.78 is 37.8. The van der Waals surface area contributed by atoms with Gasteiger partial charge in [-0.05, 0) is 39.0 Å². The van der Waals surface area contributed by atoms with Gasteiger partial charge in [-0.3, -0.25) is 0 Å². The van der Waals surface area contributed by atoms with Crippen LogP contribution in [0.4, 0.5) is 8.78 Å². The van der Waals surface area contributed by atoms with Crippen LogP contribution in [0.3, 0.4) is 0 Å². The highest BCUT2D eigenvalue weighted by Crippen LogP contribution is 2.23. The van der Waals surface area contributed by atoms with Gasteiger partial charge in [-0.15, -0.1) is 0 Å². The van der Waals surface area contributed by atoms with E-state index in [1.807, 2.05) is 13.8 Å². The summed E-state index contributed by atoms with van der Waals surface area (Å²) in [6, 6.07) is 3.18. The number of halogens is 2. The maximum absolute atomic E-state index is 13.6. The maximum atomic E-state index is 13.6. The fourth-order valence-corrected chi connectivity index (χ4v) is 2.13. The second kappa shape index (κ2) is 5.53. The van der Waals surface area contributed by atoms with Gasteiger partial charge in [0.15, 0.2) is 5.79 Å². The molecule has 2 unspecified atom stereocenters. The van der Waals surface area contributed by atoms with Gasteiger partial charge in [0.25, 0.3) is 0 Å². The van der Waals surface area contributed by atoms with Crippen molar-refractivity contribution in [3.05, 3.63) is 35.4 Å². The molecule has 0 bridgehead atoms. The Morgan fingerprint density at radius 1 is 1.42 bits per heavy atom. The van der Waals surface area contributed by atoms with Gasteiger partial charge >= 0.3 is 0 Å². The van der Waals surface area contributed by atoms with Crippen LogP contribution in [0.1, 0.15) is 32.4 Å². The van der Waals surface area contributed by atoms with E-state index in [0.29, 0.717) is 18.7 Å². The number of hydrogen-bond donors (Lipinski definition) is 1. The number of nitrogens with one attached hydrogen (secondary N) is 1. The van der Waals surface area contributed by atoms with Crippen LogP contribution in [-0.4, -0.2) is 25.0 Å². The molecule has 3 nitrogen and oxygen atoms in total. The molecule has 106 valence electrons. The standard InChI is InChI=1S/C14H19F2NO2/c1-9(12-6-10(15)4-5-13(12)16)17-7-11-8-18-14(2,3)19-11/h4-6,9,11,17H,7-8H2,1-3H3. The summed E-state index contributed by atoms with van der Waals surface area (Å²) >= 11 is 0. The van der Waals surface area contributed by atoms with Gasteiger partial charge in [-0.25, -0.2) is 8.78 Å². The summed E-state index contributed by atoms with van der Waals surface area (Å²) in [5, 5.41) is 3.14.